The molecule has 26 heavy (non-hydrogen) atoms. The molecule has 0 atom stereocenters. The van der Waals surface area contributed by atoms with Gasteiger partial charge in [-0.15, -0.1) is 11.8 Å². The number of hydrogen-bond acceptors (Lipinski definition) is 5. The van der Waals surface area contributed by atoms with Crippen molar-refractivity contribution in [3.63, 3.8) is 0 Å². The smallest absolute Gasteiger partial charge is 0.166 e. The Labute approximate surface area is 158 Å². The molecule has 0 amide bonds. The average molecular weight is 363 g/mol. The van der Waals surface area contributed by atoms with Gasteiger partial charge >= 0.3 is 0 Å². The topological polar surface area (TPSA) is 54.9 Å². The van der Waals surface area contributed by atoms with Crippen LogP contribution < -0.4 is 5.32 Å². The minimum Gasteiger partial charge on any atom is -0.339 e. The second kappa shape index (κ2) is 7.70. The van der Waals surface area contributed by atoms with E-state index in [1.807, 2.05) is 62.6 Å². The number of carbonyl (C=O) groups excluding carboxylic acids is 1. The maximum Gasteiger partial charge on any atom is 0.166 e. The van der Waals surface area contributed by atoms with E-state index in [-0.39, 0.29) is 5.78 Å². The van der Waals surface area contributed by atoms with E-state index in [0.717, 1.165) is 22.4 Å². The number of aryl methyl sites for hydroxylation is 2. The summed E-state index contributed by atoms with van der Waals surface area (Å²) in [6.45, 7) is 5.65. The van der Waals surface area contributed by atoms with Crippen LogP contribution >= 0.6 is 11.8 Å². The number of nitrogens with zero attached hydrogens (tertiary/aromatic N) is 2. The second-order valence-corrected chi connectivity index (χ2v) is 7.00. The Hall–Kier alpha value is -2.66. The Morgan fingerprint density at radius 2 is 1.65 bits per heavy atom. The van der Waals surface area contributed by atoms with E-state index in [9.17, 15) is 4.79 Å². The van der Waals surface area contributed by atoms with Crippen molar-refractivity contribution in [2.45, 2.75) is 25.8 Å². The number of hydrogen-bond donors (Lipinski definition) is 1. The van der Waals surface area contributed by atoms with E-state index in [2.05, 4.69) is 21.4 Å². The third kappa shape index (κ3) is 3.94. The molecule has 5 heteroatoms. The van der Waals surface area contributed by atoms with Gasteiger partial charge in [0.25, 0.3) is 0 Å². The van der Waals surface area contributed by atoms with Gasteiger partial charge in [-0.3, -0.25) is 4.79 Å². The summed E-state index contributed by atoms with van der Waals surface area (Å²) >= 11 is 1.45. The first-order valence-electron chi connectivity index (χ1n) is 8.35. The average Bonchev–Trinajstić information content (AvgIpc) is 2.60. The largest absolute Gasteiger partial charge is 0.339 e. The minimum atomic E-state index is -0.0548. The van der Waals surface area contributed by atoms with E-state index < -0.39 is 0 Å². The zero-order valence-corrected chi connectivity index (χ0v) is 16.1. The molecule has 3 rings (SSSR count). The molecule has 1 heterocycles. The van der Waals surface area contributed by atoms with Crippen molar-refractivity contribution in [3.8, 4) is 11.4 Å². The summed E-state index contributed by atoms with van der Waals surface area (Å²) in [7, 11) is 0. The van der Waals surface area contributed by atoms with Gasteiger partial charge in [-0.1, -0.05) is 36.4 Å². The lowest BCUT2D eigenvalue weighted by atomic mass is 10.1. The lowest BCUT2D eigenvalue weighted by Gasteiger charge is -2.15. The normalized spacial score (nSPS) is 10.6. The van der Waals surface area contributed by atoms with E-state index >= 15 is 0 Å². The van der Waals surface area contributed by atoms with Gasteiger partial charge in [0.05, 0.1) is 5.56 Å². The minimum absolute atomic E-state index is 0.0548. The fourth-order valence-corrected chi connectivity index (χ4v) is 3.52. The van der Waals surface area contributed by atoms with Gasteiger partial charge in [0.1, 0.15) is 10.8 Å². The molecule has 0 saturated heterocycles. The van der Waals surface area contributed by atoms with Crippen LogP contribution in [0.4, 0.5) is 11.5 Å². The Balaban J connectivity index is 2.16. The van der Waals surface area contributed by atoms with E-state index in [0.29, 0.717) is 22.2 Å². The number of ketones is 1. The summed E-state index contributed by atoms with van der Waals surface area (Å²) in [5.74, 6) is 1.09. The van der Waals surface area contributed by atoms with Crippen molar-refractivity contribution in [1.82, 2.24) is 9.97 Å². The van der Waals surface area contributed by atoms with Crippen LogP contribution in [0.25, 0.3) is 11.4 Å². The molecule has 132 valence electrons. The van der Waals surface area contributed by atoms with Gasteiger partial charge in [0.2, 0.25) is 0 Å². The molecule has 2 aromatic carbocycles. The molecule has 1 aromatic heterocycles. The van der Waals surface area contributed by atoms with Crippen LogP contribution in [0, 0.1) is 13.8 Å². The summed E-state index contributed by atoms with van der Waals surface area (Å²) in [5.41, 5.74) is 4.66. The highest BCUT2D eigenvalue weighted by atomic mass is 32.2. The maximum absolute atomic E-state index is 12.3. The second-order valence-electron chi connectivity index (χ2n) is 6.20. The molecule has 1 N–H and O–H groups in total. The lowest BCUT2D eigenvalue weighted by molar-refractivity contribution is 0.101. The van der Waals surface area contributed by atoms with Crippen molar-refractivity contribution in [2.75, 3.05) is 11.6 Å². The predicted molar refractivity (Wildman–Crippen MR) is 108 cm³/mol. The number of aromatic nitrogens is 2. The van der Waals surface area contributed by atoms with Gasteiger partial charge in [0, 0.05) is 11.3 Å². The van der Waals surface area contributed by atoms with Crippen LogP contribution in [-0.4, -0.2) is 22.0 Å². The number of rotatable bonds is 5. The fraction of sp³-hybridized carbons (Fsp3) is 0.190. The summed E-state index contributed by atoms with van der Waals surface area (Å²) < 4.78 is 0. The van der Waals surface area contributed by atoms with Crippen LogP contribution in [0.2, 0.25) is 0 Å². The summed E-state index contributed by atoms with van der Waals surface area (Å²) in [4.78, 5) is 21.6. The fourth-order valence-electron chi connectivity index (χ4n) is 2.90. The predicted octanol–water partition coefficient (Wildman–Crippen LogP) is 5.43. The third-order valence-corrected chi connectivity index (χ3v) is 4.62. The molecule has 3 aromatic rings. The highest BCUT2D eigenvalue weighted by Gasteiger charge is 2.19. The SMILES string of the molecule is CSc1nc(-c2ccccc2)nc(Nc2cc(C)cc(C)c2)c1C(C)=O. The molecule has 0 aliphatic heterocycles. The van der Waals surface area contributed by atoms with Crippen LogP contribution in [0.3, 0.4) is 0 Å². The van der Waals surface area contributed by atoms with E-state index in [1.54, 1.807) is 6.92 Å². The summed E-state index contributed by atoms with van der Waals surface area (Å²) in [6.07, 6.45) is 1.92. The maximum atomic E-state index is 12.3. The first-order chi connectivity index (χ1) is 12.5. The molecule has 0 unspecified atom stereocenters. The number of Topliss-reactive ketones (excluding diaryl/α,β-unsaturated/α-hetero) is 1. The van der Waals surface area contributed by atoms with Crippen LogP contribution in [-0.2, 0) is 0 Å². The van der Waals surface area contributed by atoms with Crippen molar-refractivity contribution in [2.24, 2.45) is 0 Å². The number of nitrogens with one attached hydrogen (secondary N) is 1. The van der Waals surface area contributed by atoms with Crippen LogP contribution in [0.1, 0.15) is 28.4 Å². The standard InChI is InChI=1S/C21H21N3OS/c1-13-10-14(2)12-17(11-13)22-20-18(15(3)25)21(26-4)24-19(23-20)16-8-6-5-7-9-16/h5-12H,1-4H3,(H,22,23,24). The molecule has 0 saturated carbocycles. The lowest BCUT2D eigenvalue weighted by Crippen LogP contribution is -2.08. The molecular weight excluding hydrogens is 342 g/mol. The zero-order chi connectivity index (χ0) is 18.7. The van der Waals surface area contributed by atoms with Crippen molar-refractivity contribution in [1.29, 1.82) is 0 Å². The van der Waals surface area contributed by atoms with Gasteiger partial charge in [0.15, 0.2) is 11.6 Å². The van der Waals surface area contributed by atoms with E-state index in [4.69, 9.17) is 0 Å². The number of anilines is 2. The van der Waals surface area contributed by atoms with Crippen molar-refractivity contribution >= 4 is 29.1 Å². The Bertz CT molecular complexity index is 935. The molecule has 0 radical (unpaired) electrons. The molecule has 4 nitrogen and oxygen atoms in total. The summed E-state index contributed by atoms with van der Waals surface area (Å²) in [6, 6.07) is 16.0. The van der Waals surface area contributed by atoms with Gasteiger partial charge < -0.3 is 5.32 Å². The number of benzene rings is 2. The highest BCUT2D eigenvalue weighted by molar-refractivity contribution is 7.98. The molecule has 0 aliphatic rings. The van der Waals surface area contributed by atoms with Gasteiger partial charge in [-0.25, -0.2) is 9.97 Å². The first kappa shape index (κ1) is 18.1. The van der Waals surface area contributed by atoms with Crippen molar-refractivity contribution in [3.05, 3.63) is 65.2 Å². The Morgan fingerprint density at radius 1 is 1.00 bits per heavy atom. The van der Waals surface area contributed by atoms with Crippen LogP contribution in [0.15, 0.2) is 53.6 Å². The Kier molecular flexibility index (Phi) is 5.38. The molecule has 0 spiro atoms. The number of thioether (sulfide) groups is 1. The van der Waals surface area contributed by atoms with E-state index in [1.165, 1.54) is 11.8 Å². The van der Waals surface area contributed by atoms with Crippen molar-refractivity contribution < 1.29 is 4.79 Å². The van der Waals surface area contributed by atoms with Gasteiger partial charge in [-0.2, -0.15) is 0 Å². The molecular formula is C21H21N3OS. The summed E-state index contributed by atoms with van der Waals surface area (Å²) in [5, 5.41) is 4.01. The molecule has 0 aliphatic carbocycles. The zero-order valence-electron chi connectivity index (χ0n) is 15.3. The van der Waals surface area contributed by atoms with Gasteiger partial charge in [-0.05, 0) is 50.3 Å². The highest BCUT2D eigenvalue weighted by Crippen LogP contribution is 2.30. The number of carbonyl (C=O) groups is 1. The monoisotopic (exact) mass is 363 g/mol. The Morgan fingerprint density at radius 3 is 2.23 bits per heavy atom. The molecule has 0 fully saturated rings. The van der Waals surface area contributed by atoms with Crippen LogP contribution in [0.5, 0.6) is 0 Å². The molecule has 0 bridgehead atoms. The quantitative estimate of drug-likeness (QED) is 0.372. The third-order valence-electron chi connectivity index (χ3n) is 3.94. The first-order valence-corrected chi connectivity index (χ1v) is 9.58.